The first-order valence-corrected chi connectivity index (χ1v) is 6.05. The van der Waals surface area contributed by atoms with E-state index in [-0.39, 0.29) is 4.75 Å². The van der Waals surface area contributed by atoms with Crippen LogP contribution in [0.1, 0.15) is 19.5 Å². The van der Waals surface area contributed by atoms with Gasteiger partial charge in [-0.3, -0.25) is 0 Å². The smallest absolute Gasteiger partial charge is 0.222 e. The summed E-state index contributed by atoms with van der Waals surface area (Å²) >= 11 is 1.82. The summed E-state index contributed by atoms with van der Waals surface area (Å²) in [7, 11) is 0. The molecule has 3 N–H and O–H groups in total. The SMILES string of the molecule is CSC(C)(C)CNc1cc(C)nc(N)n1. The van der Waals surface area contributed by atoms with Crippen molar-refractivity contribution in [3.8, 4) is 0 Å². The van der Waals surface area contributed by atoms with Gasteiger partial charge in [0.1, 0.15) is 5.82 Å². The zero-order valence-corrected chi connectivity index (χ0v) is 10.5. The van der Waals surface area contributed by atoms with Gasteiger partial charge >= 0.3 is 0 Å². The van der Waals surface area contributed by atoms with E-state index >= 15 is 0 Å². The molecule has 0 amide bonds. The molecule has 0 atom stereocenters. The fourth-order valence-electron chi connectivity index (χ4n) is 1.06. The van der Waals surface area contributed by atoms with Crippen molar-refractivity contribution < 1.29 is 0 Å². The minimum absolute atomic E-state index is 0.188. The van der Waals surface area contributed by atoms with Gasteiger partial charge in [-0.15, -0.1) is 0 Å². The lowest BCUT2D eigenvalue weighted by Crippen LogP contribution is -2.26. The lowest BCUT2D eigenvalue weighted by Gasteiger charge is -2.22. The lowest BCUT2D eigenvalue weighted by atomic mass is 10.2. The number of hydrogen-bond acceptors (Lipinski definition) is 5. The Morgan fingerprint density at radius 3 is 2.67 bits per heavy atom. The molecule has 0 spiro atoms. The maximum Gasteiger partial charge on any atom is 0.222 e. The summed E-state index contributed by atoms with van der Waals surface area (Å²) in [4.78, 5) is 8.14. The summed E-state index contributed by atoms with van der Waals surface area (Å²) in [5.41, 5.74) is 6.45. The zero-order valence-electron chi connectivity index (χ0n) is 9.66. The Morgan fingerprint density at radius 1 is 1.47 bits per heavy atom. The standard InChI is InChI=1S/C10H18N4S/c1-7-5-8(14-9(11)13-7)12-6-10(2,3)15-4/h5H,6H2,1-4H3,(H3,11,12,13,14). The van der Waals surface area contributed by atoms with Crippen LogP contribution in [0.4, 0.5) is 11.8 Å². The van der Waals surface area contributed by atoms with Gasteiger partial charge in [-0.25, -0.2) is 4.98 Å². The fourth-order valence-corrected chi connectivity index (χ4v) is 1.27. The molecular formula is C10H18N4S. The van der Waals surface area contributed by atoms with Gasteiger partial charge in [0.05, 0.1) is 0 Å². The van der Waals surface area contributed by atoms with Gasteiger partial charge in [-0.05, 0) is 27.0 Å². The number of nitrogens with zero attached hydrogens (tertiary/aromatic N) is 2. The molecule has 0 aromatic carbocycles. The Hall–Kier alpha value is -0.970. The molecule has 0 unspecified atom stereocenters. The van der Waals surface area contributed by atoms with Crippen molar-refractivity contribution in [1.82, 2.24) is 9.97 Å². The van der Waals surface area contributed by atoms with E-state index in [0.717, 1.165) is 18.1 Å². The number of thioether (sulfide) groups is 1. The number of aromatic nitrogens is 2. The van der Waals surface area contributed by atoms with Gasteiger partial charge in [0, 0.05) is 23.1 Å². The molecule has 0 saturated heterocycles. The van der Waals surface area contributed by atoms with Gasteiger partial charge in [-0.1, -0.05) is 0 Å². The van der Waals surface area contributed by atoms with Crippen molar-refractivity contribution in [3.05, 3.63) is 11.8 Å². The second-order valence-corrected chi connectivity index (χ2v) is 5.58. The van der Waals surface area contributed by atoms with Gasteiger partial charge in [0.25, 0.3) is 0 Å². The van der Waals surface area contributed by atoms with Crippen LogP contribution in [0.25, 0.3) is 0 Å². The molecule has 1 heterocycles. The van der Waals surface area contributed by atoms with E-state index in [1.807, 2.05) is 24.8 Å². The molecule has 1 aromatic heterocycles. The molecule has 0 aliphatic heterocycles. The molecule has 84 valence electrons. The lowest BCUT2D eigenvalue weighted by molar-refractivity contribution is 0.749. The van der Waals surface area contributed by atoms with E-state index in [0.29, 0.717) is 5.95 Å². The minimum Gasteiger partial charge on any atom is -0.369 e. The van der Waals surface area contributed by atoms with Crippen molar-refractivity contribution in [2.75, 3.05) is 23.9 Å². The Labute approximate surface area is 95.1 Å². The molecule has 5 heteroatoms. The van der Waals surface area contributed by atoms with Crippen LogP contribution in [0.2, 0.25) is 0 Å². The number of hydrogen-bond donors (Lipinski definition) is 2. The van der Waals surface area contributed by atoms with Crippen LogP contribution >= 0.6 is 11.8 Å². The maximum atomic E-state index is 5.56. The second-order valence-electron chi connectivity index (χ2n) is 4.07. The summed E-state index contributed by atoms with van der Waals surface area (Å²) in [5, 5.41) is 3.27. The molecule has 1 aromatic rings. The molecule has 15 heavy (non-hydrogen) atoms. The van der Waals surface area contributed by atoms with Gasteiger partial charge in [0.15, 0.2) is 0 Å². The number of rotatable bonds is 4. The molecule has 0 radical (unpaired) electrons. The number of nitrogen functional groups attached to an aromatic ring is 1. The molecule has 0 fully saturated rings. The van der Waals surface area contributed by atoms with Crippen molar-refractivity contribution in [2.45, 2.75) is 25.5 Å². The Morgan fingerprint density at radius 2 is 2.13 bits per heavy atom. The molecule has 0 aliphatic carbocycles. The minimum atomic E-state index is 0.188. The van der Waals surface area contributed by atoms with Crippen LogP contribution in [0.5, 0.6) is 0 Å². The zero-order chi connectivity index (χ0) is 11.5. The predicted molar refractivity (Wildman–Crippen MR) is 67.3 cm³/mol. The average molecular weight is 226 g/mol. The summed E-state index contributed by atoms with van der Waals surface area (Å²) in [6.45, 7) is 7.12. The van der Waals surface area contributed by atoms with Crippen LogP contribution in [-0.2, 0) is 0 Å². The number of anilines is 2. The molecule has 0 aliphatic rings. The maximum absolute atomic E-state index is 5.56. The third kappa shape index (κ3) is 3.95. The van der Waals surface area contributed by atoms with Crippen LogP contribution in [0.15, 0.2) is 6.07 Å². The first kappa shape index (κ1) is 12.1. The number of nitrogens with two attached hydrogens (primary N) is 1. The van der Waals surface area contributed by atoms with Crippen molar-refractivity contribution in [1.29, 1.82) is 0 Å². The van der Waals surface area contributed by atoms with Crippen LogP contribution < -0.4 is 11.1 Å². The Bertz CT molecular complexity index is 318. The van der Waals surface area contributed by atoms with Crippen LogP contribution in [0.3, 0.4) is 0 Å². The summed E-state index contributed by atoms with van der Waals surface area (Å²) in [5.74, 6) is 1.11. The Balaban J connectivity index is 2.65. The van der Waals surface area contributed by atoms with Crippen molar-refractivity contribution in [3.63, 3.8) is 0 Å². The topological polar surface area (TPSA) is 63.8 Å². The normalized spacial score (nSPS) is 11.5. The fraction of sp³-hybridized carbons (Fsp3) is 0.600. The quantitative estimate of drug-likeness (QED) is 0.821. The molecule has 1 rings (SSSR count). The molecule has 0 saturated carbocycles. The number of nitrogens with one attached hydrogen (secondary N) is 1. The number of aryl methyl sites for hydroxylation is 1. The van der Waals surface area contributed by atoms with E-state index in [2.05, 4.69) is 35.4 Å². The summed E-state index contributed by atoms with van der Waals surface area (Å²) < 4.78 is 0.188. The third-order valence-corrected chi connectivity index (χ3v) is 3.37. The van der Waals surface area contributed by atoms with Crippen LogP contribution in [0, 0.1) is 6.92 Å². The van der Waals surface area contributed by atoms with Crippen molar-refractivity contribution in [2.24, 2.45) is 0 Å². The molecular weight excluding hydrogens is 208 g/mol. The highest BCUT2D eigenvalue weighted by Crippen LogP contribution is 2.21. The largest absolute Gasteiger partial charge is 0.369 e. The average Bonchev–Trinajstić information content (AvgIpc) is 2.14. The third-order valence-electron chi connectivity index (χ3n) is 2.12. The van der Waals surface area contributed by atoms with E-state index in [1.54, 1.807) is 0 Å². The van der Waals surface area contributed by atoms with Crippen molar-refractivity contribution >= 4 is 23.5 Å². The highest BCUT2D eigenvalue weighted by Gasteiger charge is 2.15. The predicted octanol–water partition coefficient (Wildman–Crippen LogP) is 1.92. The highest BCUT2D eigenvalue weighted by molar-refractivity contribution is 7.99. The second kappa shape index (κ2) is 4.70. The summed E-state index contributed by atoms with van der Waals surface area (Å²) in [6.07, 6.45) is 2.10. The Kier molecular flexibility index (Phi) is 3.79. The van der Waals surface area contributed by atoms with E-state index in [9.17, 15) is 0 Å². The first-order chi connectivity index (χ1) is 6.93. The molecule has 4 nitrogen and oxygen atoms in total. The van der Waals surface area contributed by atoms with E-state index in [4.69, 9.17) is 5.73 Å². The summed E-state index contributed by atoms with van der Waals surface area (Å²) in [6, 6.07) is 1.90. The molecule has 0 bridgehead atoms. The first-order valence-electron chi connectivity index (χ1n) is 4.83. The van der Waals surface area contributed by atoms with E-state index < -0.39 is 0 Å². The van der Waals surface area contributed by atoms with Gasteiger partial charge < -0.3 is 11.1 Å². The van der Waals surface area contributed by atoms with Gasteiger partial charge in [-0.2, -0.15) is 16.7 Å². The van der Waals surface area contributed by atoms with Gasteiger partial charge in [0.2, 0.25) is 5.95 Å². The highest BCUT2D eigenvalue weighted by atomic mass is 32.2. The van der Waals surface area contributed by atoms with E-state index in [1.165, 1.54) is 0 Å². The van der Waals surface area contributed by atoms with Crippen LogP contribution in [-0.4, -0.2) is 27.5 Å². The monoisotopic (exact) mass is 226 g/mol.